The molecule has 1 aromatic rings. The lowest BCUT2D eigenvalue weighted by molar-refractivity contribution is -0.131. The molecule has 2 heterocycles. The number of hydrogen-bond acceptors (Lipinski definition) is 4. The smallest absolute Gasteiger partial charge is 0.328 e. The fourth-order valence-corrected chi connectivity index (χ4v) is 3.06. The van der Waals surface area contributed by atoms with E-state index in [2.05, 4.69) is 4.90 Å². The molecule has 102 valence electrons. The second kappa shape index (κ2) is 5.99. The van der Waals surface area contributed by atoms with Crippen LogP contribution in [-0.4, -0.2) is 35.0 Å². The molecule has 1 aliphatic heterocycles. The molecule has 3 N–H and O–H groups in total. The molecule has 19 heavy (non-hydrogen) atoms. The zero-order valence-electron chi connectivity index (χ0n) is 10.4. The predicted molar refractivity (Wildman–Crippen MR) is 73.6 cm³/mol. The molecule has 0 bridgehead atoms. The highest BCUT2D eigenvalue weighted by Gasteiger charge is 2.26. The van der Waals surface area contributed by atoms with Crippen LogP contribution < -0.4 is 5.73 Å². The molecule has 1 amide bonds. The van der Waals surface area contributed by atoms with Gasteiger partial charge in [-0.25, -0.2) is 4.79 Å². The molecule has 0 aliphatic carbocycles. The first-order valence-electron chi connectivity index (χ1n) is 6.04. The van der Waals surface area contributed by atoms with E-state index in [1.807, 2.05) is 11.4 Å². The molecule has 1 saturated heterocycles. The van der Waals surface area contributed by atoms with Crippen LogP contribution in [0.25, 0.3) is 6.08 Å². The first-order valence-corrected chi connectivity index (χ1v) is 6.92. The summed E-state index contributed by atoms with van der Waals surface area (Å²) in [6.45, 7) is 2.38. The summed E-state index contributed by atoms with van der Waals surface area (Å²) in [5.74, 6) is -1.21. The number of nitrogens with zero attached hydrogens (tertiary/aromatic N) is 1. The summed E-state index contributed by atoms with van der Waals surface area (Å²) in [5.41, 5.74) is 6.19. The second-order valence-corrected chi connectivity index (χ2v) is 5.64. The quantitative estimate of drug-likeness (QED) is 0.793. The fraction of sp³-hybridized carbons (Fsp3) is 0.385. The second-order valence-electron chi connectivity index (χ2n) is 4.64. The topological polar surface area (TPSA) is 83.6 Å². The first kappa shape index (κ1) is 13.8. The van der Waals surface area contributed by atoms with E-state index < -0.39 is 5.97 Å². The molecule has 1 unspecified atom stereocenters. The van der Waals surface area contributed by atoms with E-state index in [0.29, 0.717) is 6.54 Å². The Labute approximate surface area is 115 Å². The predicted octanol–water partition coefficient (Wildman–Crippen LogP) is 1.15. The SMILES string of the molecule is NC(=O)C1CCN(Cc2cc(/C=C/C(=O)O)cs2)C1. The Morgan fingerprint density at radius 1 is 1.58 bits per heavy atom. The van der Waals surface area contributed by atoms with Gasteiger partial charge in [0, 0.05) is 24.0 Å². The summed E-state index contributed by atoms with van der Waals surface area (Å²) in [7, 11) is 0. The molecule has 0 aromatic carbocycles. The van der Waals surface area contributed by atoms with Crippen molar-refractivity contribution >= 4 is 29.3 Å². The Morgan fingerprint density at radius 3 is 3.00 bits per heavy atom. The number of thiophene rings is 1. The Hall–Kier alpha value is -1.66. The lowest BCUT2D eigenvalue weighted by Gasteiger charge is -2.13. The molecule has 1 aliphatic rings. The number of primary amides is 1. The van der Waals surface area contributed by atoms with Crippen molar-refractivity contribution in [3.8, 4) is 0 Å². The minimum absolute atomic E-state index is 0.0358. The van der Waals surface area contributed by atoms with Gasteiger partial charge in [0.05, 0.1) is 5.92 Å². The number of carbonyl (C=O) groups excluding carboxylic acids is 1. The lowest BCUT2D eigenvalue weighted by atomic mass is 10.1. The summed E-state index contributed by atoms with van der Waals surface area (Å²) in [4.78, 5) is 24.9. The maximum absolute atomic E-state index is 11.1. The standard InChI is InChI=1S/C13H16N2O3S/c14-13(18)10-3-4-15(6-10)7-11-5-9(8-19-11)1-2-12(16)17/h1-2,5,8,10H,3-4,6-7H2,(H2,14,18)(H,16,17)/b2-1+. The Bertz CT molecular complexity index is 510. The highest BCUT2D eigenvalue weighted by Crippen LogP contribution is 2.22. The van der Waals surface area contributed by atoms with Gasteiger partial charge in [-0.2, -0.15) is 0 Å². The van der Waals surface area contributed by atoms with Crippen LogP contribution in [0.3, 0.4) is 0 Å². The van der Waals surface area contributed by atoms with Crippen LogP contribution in [-0.2, 0) is 16.1 Å². The lowest BCUT2D eigenvalue weighted by Crippen LogP contribution is -2.27. The van der Waals surface area contributed by atoms with Gasteiger partial charge in [0.15, 0.2) is 0 Å². The summed E-state index contributed by atoms with van der Waals surface area (Å²) < 4.78 is 0. The third-order valence-corrected chi connectivity index (χ3v) is 4.09. The maximum Gasteiger partial charge on any atom is 0.328 e. The van der Waals surface area contributed by atoms with Gasteiger partial charge < -0.3 is 10.8 Å². The van der Waals surface area contributed by atoms with Crippen LogP contribution in [0, 0.1) is 5.92 Å². The van der Waals surface area contributed by atoms with Gasteiger partial charge in [0.2, 0.25) is 5.91 Å². The summed E-state index contributed by atoms with van der Waals surface area (Å²) in [6, 6.07) is 1.97. The Morgan fingerprint density at radius 2 is 2.37 bits per heavy atom. The molecule has 0 saturated carbocycles. The summed E-state index contributed by atoms with van der Waals surface area (Å²) in [6.07, 6.45) is 3.54. The minimum atomic E-state index is -0.948. The zero-order chi connectivity index (χ0) is 13.8. The number of nitrogens with two attached hydrogens (primary N) is 1. The van der Waals surface area contributed by atoms with Crippen LogP contribution in [0.1, 0.15) is 16.9 Å². The number of carboxylic acid groups (broad SMARTS) is 1. The van der Waals surface area contributed by atoms with Crippen molar-refractivity contribution in [2.24, 2.45) is 11.7 Å². The zero-order valence-corrected chi connectivity index (χ0v) is 11.2. The third-order valence-electron chi connectivity index (χ3n) is 3.15. The van der Waals surface area contributed by atoms with Crippen molar-refractivity contribution < 1.29 is 14.7 Å². The Balaban J connectivity index is 1.90. The highest BCUT2D eigenvalue weighted by atomic mass is 32.1. The van der Waals surface area contributed by atoms with Gasteiger partial charge in [-0.1, -0.05) is 0 Å². The molecule has 1 aromatic heterocycles. The average molecular weight is 280 g/mol. The van der Waals surface area contributed by atoms with Crippen molar-refractivity contribution in [3.63, 3.8) is 0 Å². The van der Waals surface area contributed by atoms with Gasteiger partial charge in [-0.05, 0) is 36.1 Å². The van der Waals surface area contributed by atoms with E-state index in [0.717, 1.165) is 36.0 Å². The highest BCUT2D eigenvalue weighted by molar-refractivity contribution is 7.10. The first-order chi connectivity index (χ1) is 9.04. The number of amides is 1. The van der Waals surface area contributed by atoms with Crippen molar-refractivity contribution in [2.45, 2.75) is 13.0 Å². The number of hydrogen-bond donors (Lipinski definition) is 2. The third kappa shape index (κ3) is 3.90. The van der Waals surface area contributed by atoms with E-state index in [-0.39, 0.29) is 11.8 Å². The van der Waals surface area contributed by atoms with E-state index in [9.17, 15) is 9.59 Å². The van der Waals surface area contributed by atoms with Gasteiger partial charge in [-0.15, -0.1) is 11.3 Å². The van der Waals surface area contributed by atoms with Crippen molar-refractivity contribution in [2.75, 3.05) is 13.1 Å². The van der Waals surface area contributed by atoms with Gasteiger partial charge >= 0.3 is 5.97 Å². The average Bonchev–Trinajstić information content (AvgIpc) is 2.96. The van der Waals surface area contributed by atoms with Crippen LogP contribution in [0.4, 0.5) is 0 Å². The maximum atomic E-state index is 11.1. The molecule has 1 fully saturated rings. The number of rotatable bonds is 5. The van der Waals surface area contributed by atoms with Gasteiger partial charge in [0.1, 0.15) is 0 Å². The Kier molecular flexibility index (Phi) is 4.34. The monoisotopic (exact) mass is 280 g/mol. The fourth-order valence-electron chi connectivity index (χ4n) is 2.16. The van der Waals surface area contributed by atoms with Crippen LogP contribution in [0.2, 0.25) is 0 Å². The number of aliphatic carboxylic acids is 1. The molecule has 6 heteroatoms. The number of carboxylic acids is 1. The van der Waals surface area contributed by atoms with E-state index in [1.165, 1.54) is 0 Å². The molecular weight excluding hydrogens is 264 g/mol. The van der Waals surface area contributed by atoms with Crippen molar-refractivity contribution in [3.05, 3.63) is 28.0 Å². The van der Waals surface area contributed by atoms with Crippen molar-refractivity contribution in [1.29, 1.82) is 0 Å². The molecule has 2 rings (SSSR count). The van der Waals surface area contributed by atoms with Crippen LogP contribution in [0.5, 0.6) is 0 Å². The molecule has 0 radical (unpaired) electrons. The van der Waals surface area contributed by atoms with Crippen molar-refractivity contribution in [1.82, 2.24) is 4.90 Å². The summed E-state index contributed by atoms with van der Waals surface area (Å²) in [5, 5.41) is 10.5. The summed E-state index contributed by atoms with van der Waals surface area (Å²) >= 11 is 1.60. The molecule has 5 nitrogen and oxygen atoms in total. The van der Waals surface area contributed by atoms with Crippen LogP contribution in [0.15, 0.2) is 17.5 Å². The number of carbonyl (C=O) groups is 2. The largest absolute Gasteiger partial charge is 0.478 e. The molecular formula is C13H16N2O3S. The minimum Gasteiger partial charge on any atom is -0.478 e. The van der Waals surface area contributed by atoms with E-state index in [4.69, 9.17) is 10.8 Å². The van der Waals surface area contributed by atoms with E-state index >= 15 is 0 Å². The molecule has 0 spiro atoms. The van der Waals surface area contributed by atoms with E-state index in [1.54, 1.807) is 17.4 Å². The van der Waals surface area contributed by atoms with Gasteiger partial charge in [0.25, 0.3) is 0 Å². The van der Waals surface area contributed by atoms with Crippen LogP contribution >= 0.6 is 11.3 Å². The number of likely N-dealkylation sites (tertiary alicyclic amines) is 1. The van der Waals surface area contributed by atoms with Gasteiger partial charge in [-0.3, -0.25) is 9.69 Å². The molecule has 1 atom stereocenters. The normalized spacial score (nSPS) is 20.1.